The average molecular weight is 183 g/mol. The molecule has 13 heavy (non-hydrogen) atoms. The maximum atomic E-state index is 11.1. The van der Waals surface area contributed by atoms with Crippen LogP contribution in [0.15, 0.2) is 16.3 Å². The zero-order valence-electron chi connectivity index (χ0n) is 7.96. The van der Waals surface area contributed by atoms with Crippen LogP contribution >= 0.6 is 0 Å². The topological polar surface area (TPSA) is 69.9 Å². The fourth-order valence-electron chi connectivity index (χ4n) is 1.53. The van der Waals surface area contributed by atoms with Crippen molar-refractivity contribution in [2.45, 2.75) is 32.9 Å². The fraction of sp³-hybridized carbons (Fsp3) is 0.556. The van der Waals surface area contributed by atoms with Crippen LogP contribution in [0.4, 0.5) is 0 Å². The number of rotatable bonds is 1. The van der Waals surface area contributed by atoms with E-state index < -0.39 is 5.72 Å². The number of aliphatic hydroxyl groups is 2. The van der Waals surface area contributed by atoms with Gasteiger partial charge in [0.15, 0.2) is 11.5 Å². The lowest BCUT2D eigenvalue weighted by atomic mass is 9.97. The second-order valence-corrected chi connectivity index (χ2v) is 3.47. The number of Topliss-reactive ketones (excluding diaryl/α,β-unsaturated/α-hetero) is 1. The molecule has 1 aliphatic rings. The number of aliphatic hydroxyl groups excluding tert-OH is 1. The summed E-state index contributed by atoms with van der Waals surface area (Å²) in [5.41, 5.74) is -0.666. The van der Waals surface area contributed by atoms with Gasteiger partial charge in [0.05, 0.1) is 12.0 Å². The molecule has 0 fully saturated rings. The number of carbonyl (C=O) groups is 1. The highest BCUT2D eigenvalue weighted by Gasteiger charge is 2.30. The number of dihydropyridines is 1. The Bertz CT molecular complexity index is 313. The molecule has 72 valence electrons. The minimum Gasteiger partial charge on any atom is -0.511 e. The van der Waals surface area contributed by atoms with E-state index in [0.29, 0.717) is 5.71 Å². The van der Waals surface area contributed by atoms with E-state index >= 15 is 0 Å². The van der Waals surface area contributed by atoms with Gasteiger partial charge in [-0.3, -0.25) is 9.79 Å². The molecule has 1 heterocycles. The summed E-state index contributed by atoms with van der Waals surface area (Å²) in [6, 6.07) is 0. The predicted molar refractivity (Wildman–Crippen MR) is 48.7 cm³/mol. The van der Waals surface area contributed by atoms with E-state index in [-0.39, 0.29) is 23.5 Å². The monoisotopic (exact) mass is 183 g/mol. The van der Waals surface area contributed by atoms with Gasteiger partial charge >= 0.3 is 0 Å². The molecule has 0 saturated heterocycles. The van der Waals surface area contributed by atoms with Crippen molar-refractivity contribution in [3.8, 4) is 0 Å². The molecule has 0 aromatic rings. The maximum Gasteiger partial charge on any atom is 0.164 e. The zero-order valence-corrected chi connectivity index (χ0v) is 7.96. The van der Waals surface area contributed by atoms with Crippen LogP contribution in [-0.4, -0.2) is 27.4 Å². The van der Waals surface area contributed by atoms with Crippen LogP contribution in [0.25, 0.3) is 0 Å². The summed E-state index contributed by atoms with van der Waals surface area (Å²) in [5.74, 6) is -0.306. The van der Waals surface area contributed by atoms with E-state index in [4.69, 9.17) is 0 Å². The van der Waals surface area contributed by atoms with Gasteiger partial charge < -0.3 is 10.2 Å². The predicted octanol–water partition coefficient (Wildman–Crippen LogP) is 0.961. The quantitative estimate of drug-likeness (QED) is 0.636. The first-order valence-electron chi connectivity index (χ1n) is 4.06. The summed E-state index contributed by atoms with van der Waals surface area (Å²) in [4.78, 5) is 15.0. The van der Waals surface area contributed by atoms with E-state index in [1.54, 1.807) is 6.92 Å². The van der Waals surface area contributed by atoms with Gasteiger partial charge in [-0.1, -0.05) is 0 Å². The van der Waals surface area contributed by atoms with E-state index in [0.717, 1.165) is 0 Å². The third-order valence-corrected chi connectivity index (χ3v) is 1.91. The van der Waals surface area contributed by atoms with Crippen LogP contribution in [0.1, 0.15) is 27.2 Å². The SMILES string of the molecule is CC(=O)C1=C(O)CC(C)(O)N=C1C. The molecule has 0 amide bonds. The van der Waals surface area contributed by atoms with Crippen molar-refractivity contribution in [3.63, 3.8) is 0 Å². The first-order chi connectivity index (χ1) is 5.83. The Hall–Kier alpha value is -1.16. The van der Waals surface area contributed by atoms with Crippen LogP contribution in [0.5, 0.6) is 0 Å². The van der Waals surface area contributed by atoms with E-state index in [1.165, 1.54) is 13.8 Å². The van der Waals surface area contributed by atoms with Gasteiger partial charge in [-0.2, -0.15) is 0 Å². The normalized spacial score (nSPS) is 28.8. The molecule has 0 spiro atoms. The summed E-state index contributed by atoms with van der Waals surface area (Å²) in [7, 11) is 0. The van der Waals surface area contributed by atoms with Gasteiger partial charge in [0.1, 0.15) is 5.76 Å². The number of carbonyl (C=O) groups excluding carboxylic acids is 1. The van der Waals surface area contributed by atoms with Crippen molar-refractivity contribution < 1.29 is 15.0 Å². The van der Waals surface area contributed by atoms with Crippen molar-refractivity contribution in [1.29, 1.82) is 0 Å². The van der Waals surface area contributed by atoms with Crippen molar-refractivity contribution in [3.05, 3.63) is 11.3 Å². The lowest BCUT2D eigenvalue weighted by Crippen LogP contribution is -2.30. The molecule has 4 heteroatoms. The molecular weight excluding hydrogens is 170 g/mol. The highest BCUT2D eigenvalue weighted by Crippen LogP contribution is 2.25. The Balaban J connectivity index is 3.13. The van der Waals surface area contributed by atoms with Crippen LogP contribution in [-0.2, 0) is 4.79 Å². The molecule has 0 aromatic carbocycles. The molecule has 1 rings (SSSR count). The molecule has 0 radical (unpaired) electrons. The lowest BCUT2D eigenvalue weighted by molar-refractivity contribution is -0.113. The summed E-state index contributed by atoms with van der Waals surface area (Å²) in [6.07, 6.45) is -0.000741. The minimum atomic E-state index is -1.28. The summed E-state index contributed by atoms with van der Waals surface area (Å²) < 4.78 is 0. The second-order valence-electron chi connectivity index (χ2n) is 3.47. The summed E-state index contributed by atoms with van der Waals surface area (Å²) in [6.45, 7) is 4.45. The first kappa shape index (κ1) is 9.92. The Morgan fingerprint density at radius 1 is 1.62 bits per heavy atom. The lowest BCUT2D eigenvalue weighted by Gasteiger charge is -2.25. The van der Waals surface area contributed by atoms with E-state index in [2.05, 4.69) is 4.99 Å². The molecule has 1 atom stereocenters. The average Bonchev–Trinajstić information content (AvgIpc) is 1.78. The Kier molecular flexibility index (Phi) is 2.26. The molecule has 0 bridgehead atoms. The van der Waals surface area contributed by atoms with Crippen molar-refractivity contribution >= 4 is 11.5 Å². The van der Waals surface area contributed by atoms with Crippen molar-refractivity contribution in [2.24, 2.45) is 4.99 Å². The Morgan fingerprint density at radius 3 is 2.54 bits per heavy atom. The molecule has 4 nitrogen and oxygen atoms in total. The number of ketones is 1. The highest BCUT2D eigenvalue weighted by molar-refractivity contribution is 6.21. The third-order valence-electron chi connectivity index (χ3n) is 1.91. The molecule has 0 aliphatic carbocycles. The van der Waals surface area contributed by atoms with Crippen LogP contribution < -0.4 is 0 Å². The molecule has 0 aromatic heterocycles. The first-order valence-corrected chi connectivity index (χ1v) is 4.06. The van der Waals surface area contributed by atoms with Gasteiger partial charge in [0.25, 0.3) is 0 Å². The maximum absolute atomic E-state index is 11.1. The van der Waals surface area contributed by atoms with Crippen LogP contribution in [0, 0.1) is 0 Å². The standard InChI is InChI=1S/C9H13NO3/c1-5-8(6(2)11)7(12)4-9(3,13)10-5/h12-13H,4H2,1-3H3. The van der Waals surface area contributed by atoms with Gasteiger partial charge in [-0.05, 0) is 20.8 Å². The summed E-state index contributed by atoms with van der Waals surface area (Å²) in [5, 5.41) is 19.0. The molecular formula is C9H13NO3. The van der Waals surface area contributed by atoms with E-state index in [1.807, 2.05) is 0 Å². The molecule has 0 saturated carbocycles. The summed E-state index contributed by atoms with van der Waals surface area (Å²) >= 11 is 0. The molecule has 1 unspecified atom stereocenters. The highest BCUT2D eigenvalue weighted by atomic mass is 16.3. The number of allylic oxidation sites excluding steroid dienone is 1. The van der Waals surface area contributed by atoms with Gasteiger partial charge in [0.2, 0.25) is 0 Å². The van der Waals surface area contributed by atoms with Gasteiger partial charge in [0, 0.05) is 5.71 Å². The smallest absolute Gasteiger partial charge is 0.164 e. The Labute approximate surface area is 76.6 Å². The number of hydrogen-bond donors (Lipinski definition) is 2. The number of nitrogens with zero attached hydrogens (tertiary/aromatic N) is 1. The minimum absolute atomic E-state index is 0.000741. The van der Waals surface area contributed by atoms with Crippen LogP contribution in [0.3, 0.4) is 0 Å². The van der Waals surface area contributed by atoms with Gasteiger partial charge in [-0.15, -0.1) is 0 Å². The number of aliphatic imine (C=N–C) groups is 1. The molecule has 1 aliphatic heterocycles. The fourth-order valence-corrected chi connectivity index (χ4v) is 1.53. The van der Waals surface area contributed by atoms with E-state index in [9.17, 15) is 15.0 Å². The largest absolute Gasteiger partial charge is 0.511 e. The van der Waals surface area contributed by atoms with Gasteiger partial charge in [-0.25, -0.2) is 0 Å². The zero-order chi connectivity index (χ0) is 10.2. The Morgan fingerprint density at radius 2 is 2.15 bits per heavy atom. The second kappa shape index (κ2) is 2.96. The van der Waals surface area contributed by atoms with Crippen molar-refractivity contribution in [1.82, 2.24) is 0 Å². The molecule has 2 N–H and O–H groups in total. The van der Waals surface area contributed by atoms with Crippen LogP contribution in [0.2, 0.25) is 0 Å². The third kappa shape index (κ3) is 1.95. The van der Waals surface area contributed by atoms with Crippen molar-refractivity contribution in [2.75, 3.05) is 0 Å². The number of hydrogen-bond acceptors (Lipinski definition) is 4.